The summed E-state index contributed by atoms with van der Waals surface area (Å²) in [6.07, 6.45) is 6.22. The zero-order valence-corrected chi connectivity index (χ0v) is 26.9. The molecule has 0 bridgehead atoms. The quantitative estimate of drug-likeness (QED) is 0.193. The number of para-hydroxylation sites is 2. The molecular weight excluding hydrogens is 611 g/mol. The van der Waals surface area contributed by atoms with Crippen molar-refractivity contribution in [2.75, 3.05) is 0 Å². The van der Waals surface area contributed by atoms with Crippen molar-refractivity contribution >= 4 is 38.8 Å². The highest BCUT2D eigenvalue weighted by atomic mass is 15.0. The van der Waals surface area contributed by atoms with E-state index in [0.717, 1.165) is 84.9 Å². The van der Waals surface area contributed by atoms with Gasteiger partial charge in [0.2, 0.25) is 0 Å². The smallest absolute Gasteiger partial charge is 0.0998 e. The van der Waals surface area contributed by atoms with Crippen LogP contribution < -0.4 is 0 Å². The first-order chi connectivity index (χ1) is 24.7. The van der Waals surface area contributed by atoms with Crippen LogP contribution in [0.5, 0.6) is 0 Å². The molecule has 2 heterocycles. The second-order valence-electron chi connectivity index (χ2n) is 12.6. The van der Waals surface area contributed by atoms with Gasteiger partial charge in [0, 0.05) is 33.1 Å². The van der Waals surface area contributed by atoms with Crippen LogP contribution in [0.1, 0.15) is 34.4 Å². The van der Waals surface area contributed by atoms with E-state index in [0.29, 0.717) is 16.7 Å². The molecule has 0 radical (unpaired) electrons. The average Bonchev–Trinajstić information content (AvgIpc) is 3.69. The zero-order valence-electron chi connectivity index (χ0n) is 26.9. The maximum Gasteiger partial charge on any atom is 0.0998 e. The number of allylic oxidation sites excluding steroid dienone is 1. The lowest BCUT2D eigenvalue weighted by Crippen LogP contribution is -2.01. The second-order valence-corrected chi connectivity index (χ2v) is 12.6. The van der Waals surface area contributed by atoms with E-state index in [9.17, 15) is 15.8 Å². The molecule has 0 unspecified atom stereocenters. The van der Waals surface area contributed by atoms with Crippen LogP contribution in [-0.4, -0.2) is 9.13 Å². The predicted molar refractivity (Wildman–Crippen MR) is 200 cm³/mol. The summed E-state index contributed by atoms with van der Waals surface area (Å²) in [7, 11) is 0. The Morgan fingerprint density at radius 1 is 0.520 bits per heavy atom. The van der Waals surface area contributed by atoms with Crippen LogP contribution in [-0.2, 0) is 6.42 Å². The van der Waals surface area contributed by atoms with Gasteiger partial charge in [0.15, 0.2) is 0 Å². The van der Waals surface area contributed by atoms with Crippen molar-refractivity contribution in [3.63, 3.8) is 0 Å². The third kappa shape index (κ3) is 4.45. The lowest BCUT2D eigenvalue weighted by atomic mass is 9.95. The number of benzene rings is 6. The van der Waals surface area contributed by atoms with Crippen LogP contribution in [0.3, 0.4) is 0 Å². The third-order valence-corrected chi connectivity index (χ3v) is 9.89. The van der Waals surface area contributed by atoms with E-state index in [1.54, 1.807) is 0 Å². The van der Waals surface area contributed by atoms with Gasteiger partial charge in [-0.05, 0) is 102 Å². The van der Waals surface area contributed by atoms with Gasteiger partial charge >= 0.3 is 0 Å². The Hall–Kier alpha value is -7.13. The fourth-order valence-electron chi connectivity index (χ4n) is 7.67. The van der Waals surface area contributed by atoms with E-state index in [1.807, 2.05) is 78.9 Å². The van der Waals surface area contributed by atoms with E-state index in [4.69, 9.17) is 0 Å². The molecule has 5 nitrogen and oxygen atoms in total. The third-order valence-electron chi connectivity index (χ3n) is 9.89. The Kier molecular flexibility index (Phi) is 6.70. The molecular formula is C45H27N5. The SMILES string of the molecule is N#Cc1ccc2c(c1)c1c(n2-c2ccc(-c3cccc(-c4ccccc4-n4c5ccccc5c5ccc(C#N)cc54)c3)c(C#N)c2)C=CCC1. The number of nitriles is 3. The zero-order chi connectivity index (χ0) is 33.8. The Labute approximate surface area is 289 Å². The summed E-state index contributed by atoms with van der Waals surface area (Å²) in [5.41, 5.74) is 13.1. The monoisotopic (exact) mass is 637 g/mol. The van der Waals surface area contributed by atoms with E-state index in [-0.39, 0.29) is 0 Å². The lowest BCUT2D eigenvalue weighted by molar-refractivity contribution is 0.967. The number of fused-ring (bicyclic) bond motifs is 6. The van der Waals surface area contributed by atoms with Crippen LogP contribution in [0.2, 0.25) is 0 Å². The topological polar surface area (TPSA) is 81.2 Å². The number of aryl methyl sites for hydroxylation is 1. The number of aromatic nitrogens is 2. The van der Waals surface area contributed by atoms with E-state index in [1.165, 1.54) is 5.56 Å². The highest BCUT2D eigenvalue weighted by Crippen LogP contribution is 2.39. The summed E-state index contributed by atoms with van der Waals surface area (Å²) < 4.78 is 4.46. The number of rotatable bonds is 4. The first-order valence-corrected chi connectivity index (χ1v) is 16.6. The molecule has 0 fully saturated rings. The Morgan fingerprint density at radius 3 is 2.12 bits per heavy atom. The minimum absolute atomic E-state index is 0.586. The van der Waals surface area contributed by atoms with Crippen LogP contribution >= 0.6 is 0 Å². The highest BCUT2D eigenvalue weighted by molar-refractivity contribution is 6.10. The molecule has 8 aromatic rings. The number of hydrogen-bond acceptors (Lipinski definition) is 3. The van der Waals surface area contributed by atoms with E-state index in [2.05, 4.69) is 88.0 Å². The van der Waals surface area contributed by atoms with Gasteiger partial charge < -0.3 is 9.13 Å². The van der Waals surface area contributed by atoms with Gasteiger partial charge in [-0.15, -0.1) is 0 Å². The molecule has 0 N–H and O–H groups in total. The highest BCUT2D eigenvalue weighted by Gasteiger charge is 2.21. The summed E-state index contributed by atoms with van der Waals surface area (Å²) in [5, 5.41) is 33.1. The molecule has 0 saturated carbocycles. The van der Waals surface area contributed by atoms with Crippen molar-refractivity contribution in [1.82, 2.24) is 9.13 Å². The molecule has 0 saturated heterocycles. The van der Waals surface area contributed by atoms with Crippen molar-refractivity contribution < 1.29 is 0 Å². The van der Waals surface area contributed by atoms with Gasteiger partial charge in [-0.3, -0.25) is 0 Å². The largest absolute Gasteiger partial charge is 0.310 e. The number of nitrogens with zero attached hydrogens (tertiary/aromatic N) is 5. The molecule has 9 rings (SSSR count). The standard InChI is InChI=1S/C45H27N5/c46-26-29-17-21-44-40(22-29)38-12-3-5-14-42(38)49(44)34-18-20-35(33(25-34)28-48)31-8-7-9-32(24-31)36-10-1-4-13-41(36)50-43-15-6-2-11-37(43)39-19-16-30(27-47)23-45(39)50/h1-2,4-11,13-25H,3,12H2. The fraction of sp³-hybridized carbons (Fsp3) is 0.0444. The number of hydrogen-bond donors (Lipinski definition) is 0. The lowest BCUT2D eigenvalue weighted by Gasteiger charge is -2.16. The predicted octanol–water partition coefficient (Wildman–Crippen LogP) is 10.6. The fourth-order valence-corrected chi connectivity index (χ4v) is 7.67. The van der Waals surface area contributed by atoms with Crippen LogP contribution in [0.15, 0.2) is 133 Å². The Morgan fingerprint density at radius 2 is 1.26 bits per heavy atom. The normalized spacial score (nSPS) is 12.1. The molecule has 6 aromatic carbocycles. The summed E-state index contributed by atoms with van der Waals surface area (Å²) in [6.45, 7) is 0. The Bertz CT molecular complexity index is 2860. The molecule has 50 heavy (non-hydrogen) atoms. The molecule has 1 aliphatic rings. The summed E-state index contributed by atoms with van der Waals surface area (Å²) in [6, 6.07) is 50.0. The van der Waals surface area contributed by atoms with Gasteiger partial charge in [-0.2, -0.15) is 15.8 Å². The Balaban J connectivity index is 1.18. The molecule has 1 aliphatic carbocycles. The minimum atomic E-state index is 0.586. The molecule has 232 valence electrons. The molecule has 2 aromatic heterocycles. The van der Waals surface area contributed by atoms with Crippen molar-refractivity contribution in [2.45, 2.75) is 12.8 Å². The van der Waals surface area contributed by atoms with E-state index >= 15 is 0 Å². The van der Waals surface area contributed by atoms with Crippen LogP contribution in [0.25, 0.3) is 72.4 Å². The minimum Gasteiger partial charge on any atom is -0.310 e. The van der Waals surface area contributed by atoms with Crippen molar-refractivity contribution in [3.8, 4) is 51.8 Å². The van der Waals surface area contributed by atoms with Gasteiger partial charge in [-0.25, -0.2) is 0 Å². The molecule has 5 heteroatoms. The second kappa shape index (κ2) is 11.5. The first-order valence-electron chi connectivity index (χ1n) is 16.6. The summed E-state index contributed by atoms with van der Waals surface area (Å²) in [4.78, 5) is 0. The maximum absolute atomic E-state index is 10.5. The van der Waals surface area contributed by atoms with E-state index < -0.39 is 0 Å². The van der Waals surface area contributed by atoms with Crippen LogP contribution in [0.4, 0.5) is 0 Å². The van der Waals surface area contributed by atoms with Crippen molar-refractivity contribution in [2.24, 2.45) is 0 Å². The summed E-state index contributed by atoms with van der Waals surface area (Å²) >= 11 is 0. The average molecular weight is 638 g/mol. The van der Waals surface area contributed by atoms with Crippen molar-refractivity contribution in [1.29, 1.82) is 15.8 Å². The molecule has 0 atom stereocenters. The maximum atomic E-state index is 10.5. The van der Waals surface area contributed by atoms with Gasteiger partial charge in [0.25, 0.3) is 0 Å². The molecule has 0 amide bonds. The summed E-state index contributed by atoms with van der Waals surface area (Å²) in [5.74, 6) is 0. The van der Waals surface area contributed by atoms with Crippen LogP contribution in [0, 0.1) is 34.0 Å². The molecule has 0 aliphatic heterocycles. The molecule has 0 spiro atoms. The van der Waals surface area contributed by atoms with Gasteiger partial charge in [0.05, 0.1) is 57.1 Å². The first kappa shape index (κ1) is 29.0. The van der Waals surface area contributed by atoms with Crippen molar-refractivity contribution in [3.05, 3.63) is 161 Å². The van der Waals surface area contributed by atoms with Gasteiger partial charge in [0.1, 0.15) is 0 Å². The van der Waals surface area contributed by atoms with Gasteiger partial charge in [-0.1, -0.05) is 72.8 Å².